The summed E-state index contributed by atoms with van der Waals surface area (Å²) in [4.78, 5) is 26.6. The van der Waals surface area contributed by atoms with Gasteiger partial charge in [-0.05, 0) is 55.3 Å². The second-order valence-corrected chi connectivity index (χ2v) is 8.63. The Balaban J connectivity index is 1.62. The van der Waals surface area contributed by atoms with E-state index < -0.39 is 24.1 Å². The monoisotopic (exact) mass is 491 g/mol. The Hall–Kier alpha value is -4.40. The van der Waals surface area contributed by atoms with Gasteiger partial charge in [-0.15, -0.1) is 0 Å². The number of halogens is 2. The minimum Gasteiger partial charge on any atom is -0.493 e. The Morgan fingerprint density at radius 1 is 1.08 bits per heavy atom. The molecule has 5 rings (SSSR count). The lowest BCUT2D eigenvalue weighted by atomic mass is 10.0. The summed E-state index contributed by atoms with van der Waals surface area (Å²) in [6, 6.07) is 13.7. The number of hydrogen-bond donors (Lipinski definition) is 1. The number of aryl methyl sites for hydroxylation is 2. The van der Waals surface area contributed by atoms with Crippen LogP contribution in [0.4, 0.5) is 14.5 Å². The third kappa shape index (κ3) is 4.02. The number of hydrogen-bond acceptors (Lipinski definition) is 4. The highest BCUT2D eigenvalue weighted by atomic mass is 19.1. The van der Waals surface area contributed by atoms with Crippen molar-refractivity contribution in [2.45, 2.75) is 26.8 Å². The summed E-state index contributed by atoms with van der Waals surface area (Å²) in [5, 5.41) is 2.39. The van der Waals surface area contributed by atoms with Crippen molar-refractivity contribution in [3.63, 3.8) is 0 Å². The average molecular weight is 491 g/mol. The third-order valence-electron chi connectivity index (χ3n) is 6.26. The van der Waals surface area contributed by atoms with Gasteiger partial charge in [-0.2, -0.15) is 0 Å². The number of ether oxygens (including phenoxy) is 2. The molecule has 1 aliphatic rings. The predicted octanol–water partition coefficient (Wildman–Crippen LogP) is 4.88. The van der Waals surface area contributed by atoms with Crippen LogP contribution in [0.25, 0.3) is 5.69 Å². The highest BCUT2D eigenvalue weighted by Crippen LogP contribution is 2.41. The van der Waals surface area contributed by atoms with E-state index in [-0.39, 0.29) is 23.5 Å². The molecule has 0 atom stereocenters. The quantitative estimate of drug-likeness (QED) is 0.380. The number of carbonyl (C=O) groups excluding carboxylic acids is 1. The minimum atomic E-state index is -0.777. The molecule has 7 nitrogen and oxygen atoms in total. The fourth-order valence-electron chi connectivity index (χ4n) is 4.28. The van der Waals surface area contributed by atoms with Gasteiger partial charge < -0.3 is 14.8 Å². The Morgan fingerprint density at radius 2 is 1.89 bits per heavy atom. The van der Waals surface area contributed by atoms with Crippen molar-refractivity contribution >= 4 is 11.6 Å². The van der Waals surface area contributed by atoms with Gasteiger partial charge in [0.1, 0.15) is 18.2 Å². The molecule has 0 unspecified atom stereocenters. The van der Waals surface area contributed by atoms with E-state index in [0.717, 1.165) is 34.9 Å². The molecular formula is C27H23F2N3O4. The summed E-state index contributed by atoms with van der Waals surface area (Å²) in [7, 11) is 1.52. The molecule has 0 saturated heterocycles. The van der Waals surface area contributed by atoms with Crippen molar-refractivity contribution in [1.29, 1.82) is 0 Å². The Labute approximate surface area is 205 Å². The van der Waals surface area contributed by atoms with Crippen LogP contribution in [-0.4, -0.2) is 22.4 Å². The van der Waals surface area contributed by atoms with Crippen LogP contribution < -0.4 is 20.3 Å². The molecule has 2 heterocycles. The van der Waals surface area contributed by atoms with Gasteiger partial charge in [0, 0.05) is 18.1 Å². The molecule has 0 saturated carbocycles. The molecule has 1 amide bonds. The SMILES string of the molecule is COc1cccc2c1Oc1c(c(=O)n(-c3ccc(C)c(C)c3)n1CC(=O)Nc1cc(F)ccc1F)C2. The van der Waals surface area contributed by atoms with Crippen molar-refractivity contribution in [1.82, 2.24) is 9.36 Å². The van der Waals surface area contributed by atoms with Crippen molar-refractivity contribution in [2.24, 2.45) is 0 Å². The number of carbonyl (C=O) groups is 1. The van der Waals surface area contributed by atoms with Crippen LogP contribution in [0.15, 0.2) is 59.4 Å². The Kier molecular flexibility index (Phi) is 5.83. The van der Waals surface area contributed by atoms with Crippen molar-refractivity contribution in [3.05, 3.63) is 98.8 Å². The number of methoxy groups -OCH3 is 1. The normalized spacial score (nSPS) is 11.9. The van der Waals surface area contributed by atoms with E-state index in [1.165, 1.54) is 16.5 Å². The number of amides is 1. The summed E-state index contributed by atoms with van der Waals surface area (Å²) < 4.78 is 42.1. The number of nitrogens with one attached hydrogen (secondary N) is 1. The van der Waals surface area contributed by atoms with Crippen molar-refractivity contribution < 1.29 is 23.0 Å². The predicted molar refractivity (Wildman–Crippen MR) is 130 cm³/mol. The number of nitrogens with zero attached hydrogens (tertiary/aromatic N) is 2. The zero-order valence-electron chi connectivity index (χ0n) is 19.9. The molecule has 36 heavy (non-hydrogen) atoms. The van der Waals surface area contributed by atoms with E-state index in [9.17, 15) is 18.4 Å². The first-order valence-corrected chi connectivity index (χ1v) is 11.3. The van der Waals surface area contributed by atoms with Gasteiger partial charge in [-0.3, -0.25) is 9.59 Å². The molecule has 184 valence electrons. The summed E-state index contributed by atoms with van der Waals surface area (Å²) >= 11 is 0. The van der Waals surface area contributed by atoms with Crippen LogP contribution in [0.5, 0.6) is 17.4 Å². The number of benzene rings is 3. The maximum absolute atomic E-state index is 14.1. The standard InChI is InChI=1S/C27H23F2N3O4/c1-15-7-9-19(11-16(15)2)32-26(34)20-12-17-5-4-6-23(35-3)25(17)36-27(20)31(32)14-24(33)30-22-13-18(28)8-10-21(22)29/h4-11,13H,12,14H2,1-3H3,(H,30,33). The molecule has 0 spiro atoms. The Bertz CT molecular complexity index is 1570. The molecule has 0 aliphatic carbocycles. The highest BCUT2D eigenvalue weighted by molar-refractivity contribution is 5.90. The maximum atomic E-state index is 14.1. The molecule has 0 fully saturated rings. The lowest BCUT2D eigenvalue weighted by Gasteiger charge is -2.21. The number of aromatic nitrogens is 2. The van der Waals surface area contributed by atoms with E-state index in [2.05, 4.69) is 5.32 Å². The van der Waals surface area contributed by atoms with Crippen LogP contribution in [0.3, 0.4) is 0 Å². The zero-order valence-corrected chi connectivity index (χ0v) is 19.9. The minimum absolute atomic E-state index is 0.185. The fourth-order valence-corrected chi connectivity index (χ4v) is 4.28. The lowest BCUT2D eigenvalue weighted by molar-refractivity contribution is -0.117. The van der Waals surface area contributed by atoms with E-state index in [4.69, 9.17) is 9.47 Å². The van der Waals surface area contributed by atoms with Crippen LogP contribution in [-0.2, 0) is 17.8 Å². The smallest absolute Gasteiger partial charge is 0.278 e. The molecule has 1 aromatic heterocycles. The topological polar surface area (TPSA) is 74.5 Å². The van der Waals surface area contributed by atoms with Crippen LogP contribution in [0.2, 0.25) is 0 Å². The van der Waals surface area contributed by atoms with E-state index in [1.54, 1.807) is 12.1 Å². The van der Waals surface area contributed by atoms with E-state index >= 15 is 0 Å². The van der Waals surface area contributed by atoms with Gasteiger partial charge in [0.2, 0.25) is 11.8 Å². The van der Waals surface area contributed by atoms with Gasteiger partial charge in [-0.25, -0.2) is 18.1 Å². The van der Waals surface area contributed by atoms with Gasteiger partial charge >= 0.3 is 0 Å². The summed E-state index contributed by atoms with van der Waals surface area (Å²) in [5.41, 5.74) is 3.06. The van der Waals surface area contributed by atoms with Crippen LogP contribution >= 0.6 is 0 Å². The van der Waals surface area contributed by atoms with E-state index in [0.29, 0.717) is 22.7 Å². The highest BCUT2D eigenvalue weighted by Gasteiger charge is 2.31. The van der Waals surface area contributed by atoms with Gasteiger partial charge in [0.15, 0.2) is 11.5 Å². The summed E-state index contributed by atoms with van der Waals surface area (Å²) in [5.74, 6) is -1.00. The van der Waals surface area contributed by atoms with Crippen LogP contribution in [0, 0.1) is 25.5 Å². The fraction of sp³-hybridized carbons (Fsp3) is 0.185. The first-order chi connectivity index (χ1) is 17.3. The average Bonchev–Trinajstić information content (AvgIpc) is 3.11. The van der Waals surface area contributed by atoms with Crippen molar-refractivity contribution in [3.8, 4) is 23.1 Å². The third-order valence-corrected chi connectivity index (χ3v) is 6.26. The molecule has 1 N–H and O–H groups in total. The number of para-hydroxylation sites is 1. The first-order valence-electron chi connectivity index (χ1n) is 11.3. The van der Waals surface area contributed by atoms with Crippen molar-refractivity contribution in [2.75, 3.05) is 12.4 Å². The molecule has 9 heteroatoms. The molecule has 3 aromatic carbocycles. The first kappa shape index (κ1) is 23.3. The molecule has 0 bridgehead atoms. The number of rotatable bonds is 5. The number of anilines is 1. The van der Waals surface area contributed by atoms with Gasteiger partial charge in [0.25, 0.3) is 5.56 Å². The van der Waals surface area contributed by atoms with Crippen LogP contribution in [0.1, 0.15) is 22.3 Å². The van der Waals surface area contributed by atoms with Gasteiger partial charge in [-0.1, -0.05) is 18.2 Å². The molecular weight excluding hydrogens is 468 g/mol. The zero-order chi connectivity index (χ0) is 25.6. The molecule has 0 radical (unpaired) electrons. The number of fused-ring (bicyclic) bond motifs is 2. The maximum Gasteiger partial charge on any atom is 0.278 e. The largest absolute Gasteiger partial charge is 0.493 e. The Morgan fingerprint density at radius 3 is 2.64 bits per heavy atom. The summed E-state index contributed by atoms with van der Waals surface area (Å²) in [6.07, 6.45) is 0.276. The van der Waals surface area contributed by atoms with Gasteiger partial charge in [0.05, 0.1) is 24.0 Å². The molecule has 4 aromatic rings. The lowest BCUT2D eigenvalue weighted by Crippen LogP contribution is -2.27. The molecule has 1 aliphatic heterocycles. The summed E-state index contributed by atoms with van der Waals surface area (Å²) in [6.45, 7) is 3.49. The second-order valence-electron chi connectivity index (χ2n) is 8.63. The second kappa shape index (κ2) is 8.99. The van der Waals surface area contributed by atoms with E-state index in [1.807, 2.05) is 38.1 Å².